The van der Waals surface area contributed by atoms with Crippen LogP contribution in [0, 0.1) is 5.92 Å². The van der Waals surface area contributed by atoms with Gasteiger partial charge >= 0.3 is 17.9 Å². The Kier molecular flexibility index (Phi) is 3.47. The van der Waals surface area contributed by atoms with Gasteiger partial charge in [-0.25, -0.2) is 4.79 Å². The Hall–Kier alpha value is -2.77. The number of phenols is 3. The van der Waals surface area contributed by atoms with Crippen molar-refractivity contribution in [2.24, 2.45) is 5.92 Å². The highest BCUT2D eigenvalue weighted by atomic mass is 16.6. The Morgan fingerprint density at radius 1 is 1.25 bits per heavy atom. The molecular weight excluding hydrogens is 272 g/mol. The maximum atomic E-state index is 11.6. The second kappa shape index (κ2) is 5.08. The molecule has 1 heterocycles. The summed E-state index contributed by atoms with van der Waals surface area (Å²) >= 11 is 0. The fourth-order valence-corrected chi connectivity index (χ4v) is 1.63. The standard InChI is InChI=1S/C12H10O8/c13-7-1-5(2-8(14)10(7)16)11(17)19-4-6-3-9(15)20-12(6)18/h1-2,6,13-14,16H,3-4H2. The predicted octanol–water partition coefficient (Wildman–Crippen LogP) is 0.0499. The summed E-state index contributed by atoms with van der Waals surface area (Å²) in [5.41, 5.74) is -0.213. The molecule has 0 aliphatic carbocycles. The number of cyclic esters (lactones) is 2. The second-order valence-corrected chi connectivity index (χ2v) is 4.16. The van der Waals surface area contributed by atoms with Crippen LogP contribution in [0.2, 0.25) is 0 Å². The quantitative estimate of drug-likeness (QED) is 0.402. The molecule has 1 saturated heterocycles. The van der Waals surface area contributed by atoms with E-state index in [1.807, 2.05) is 0 Å². The van der Waals surface area contributed by atoms with E-state index in [2.05, 4.69) is 4.74 Å². The number of phenolic OH excluding ortho intramolecular Hbond substituents is 3. The monoisotopic (exact) mass is 282 g/mol. The number of carbonyl (C=O) groups excluding carboxylic acids is 3. The van der Waals surface area contributed by atoms with Crippen LogP contribution in [0.25, 0.3) is 0 Å². The SMILES string of the molecule is O=C1CC(COC(=O)c2cc(O)c(O)c(O)c2)C(=O)O1. The number of esters is 3. The van der Waals surface area contributed by atoms with E-state index in [1.165, 1.54) is 0 Å². The van der Waals surface area contributed by atoms with E-state index in [0.29, 0.717) is 0 Å². The van der Waals surface area contributed by atoms with Crippen LogP contribution < -0.4 is 0 Å². The summed E-state index contributed by atoms with van der Waals surface area (Å²) in [4.78, 5) is 33.6. The van der Waals surface area contributed by atoms with Crippen molar-refractivity contribution in [3.05, 3.63) is 17.7 Å². The number of ether oxygens (including phenoxy) is 2. The topological polar surface area (TPSA) is 130 Å². The van der Waals surface area contributed by atoms with Crippen molar-refractivity contribution in [3.8, 4) is 17.2 Å². The summed E-state index contributed by atoms with van der Waals surface area (Å²) in [6.07, 6.45) is -0.168. The van der Waals surface area contributed by atoms with Gasteiger partial charge in [0.15, 0.2) is 17.2 Å². The molecule has 0 saturated carbocycles. The average Bonchev–Trinajstić information content (AvgIpc) is 2.70. The third kappa shape index (κ3) is 2.63. The highest BCUT2D eigenvalue weighted by Crippen LogP contribution is 2.35. The Bertz CT molecular complexity index is 568. The number of aromatic hydroxyl groups is 3. The van der Waals surface area contributed by atoms with Crippen molar-refractivity contribution in [1.29, 1.82) is 0 Å². The van der Waals surface area contributed by atoms with Crippen LogP contribution in [0.5, 0.6) is 17.2 Å². The molecular formula is C12H10O8. The molecule has 1 unspecified atom stereocenters. The van der Waals surface area contributed by atoms with Gasteiger partial charge in [0.05, 0.1) is 12.0 Å². The molecule has 0 aromatic heterocycles. The molecule has 2 rings (SSSR count). The molecule has 1 fully saturated rings. The Morgan fingerprint density at radius 3 is 2.35 bits per heavy atom. The van der Waals surface area contributed by atoms with Gasteiger partial charge in [0.25, 0.3) is 0 Å². The number of benzene rings is 1. The molecule has 3 N–H and O–H groups in total. The van der Waals surface area contributed by atoms with Crippen LogP contribution in [-0.2, 0) is 19.1 Å². The molecule has 0 radical (unpaired) electrons. The molecule has 20 heavy (non-hydrogen) atoms. The minimum Gasteiger partial charge on any atom is -0.504 e. The number of carbonyl (C=O) groups is 3. The van der Waals surface area contributed by atoms with Gasteiger partial charge in [-0.15, -0.1) is 0 Å². The zero-order valence-electron chi connectivity index (χ0n) is 10.0. The highest BCUT2D eigenvalue weighted by molar-refractivity contribution is 5.95. The molecule has 8 nitrogen and oxygen atoms in total. The fraction of sp³-hybridized carbons (Fsp3) is 0.250. The van der Waals surface area contributed by atoms with Crippen LogP contribution >= 0.6 is 0 Å². The summed E-state index contributed by atoms with van der Waals surface area (Å²) in [7, 11) is 0. The lowest BCUT2D eigenvalue weighted by atomic mass is 10.1. The third-order valence-electron chi connectivity index (χ3n) is 2.68. The summed E-state index contributed by atoms with van der Waals surface area (Å²) in [6, 6.07) is 1.80. The third-order valence-corrected chi connectivity index (χ3v) is 2.68. The van der Waals surface area contributed by atoms with Gasteiger partial charge in [0.2, 0.25) is 0 Å². The van der Waals surface area contributed by atoms with Crippen LogP contribution in [0.1, 0.15) is 16.8 Å². The number of hydrogen-bond donors (Lipinski definition) is 3. The van der Waals surface area contributed by atoms with Crippen LogP contribution in [0.3, 0.4) is 0 Å². The van der Waals surface area contributed by atoms with E-state index < -0.39 is 41.1 Å². The minimum absolute atomic E-state index is 0.168. The zero-order valence-corrected chi connectivity index (χ0v) is 10.0. The first-order valence-corrected chi connectivity index (χ1v) is 5.55. The van der Waals surface area contributed by atoms with Crippen LogP contribution in [-0.4, -0.2) is 39.8 Å². The first-order valence-electron chi connectivity index (χ1n) is 5.55. The van der Waals surface area contributed by atoms with E-state index in [9.17, 15) is 24.6 Å². The molecule has 106 valence electrons. The molecule has 0 spiro atoms. The van der Waals surface area contributed by atoms with Crippen molar-refractivity contribution in [3.63, 3.8) is 0 Å². The normalized spacial score (nSPS) is 17.9. The Labute approximate surface area is 112 Å². The molecule has 0 amide bonds. The van der Waals surface area contributed by atoms with Gasteiger partial charge in [-0.3, -0.25) is 9.59 Å². The smallest absolute Gasteiger partial charge is 0.338 e. The number of hydrogen-bond acceptors (Lipinski definition) is 8. The van der Waals surface area contributed by atoms with Gasteiger partial charge in [-0.05, 0) is 12.1 Å². The van der Waals surface area contributed by atoms with Gasteiger partial charge < -0.3 is 24.8 Å². The van der Waals surface area contributed by atoms with Crippen molar-refractivity contribution in [2.75, 3.05) is 6.61 Å². The minimum atomic E-state index is -0.928. The lowest BCUT2D eigenvalue weighted by molar-refractivity contribution is -0.153. The van der Waals surface area contributed by atoms with Crippen molar-refractivity contribution >= 4 is 17.9 Å². The molecule has 1 aromatic rings. The Balaban J connectivity index is 2.02. The van der Waals surface area contributed by atoms with Crippen molar-refractivity contribution in [2.45, 2.75) is 6.42 Å². The Morgan fingerprint density at radius 2 is 1.85 bits per heavy atom. The van der Waals surface area contributed by atoms with Crippen LogP contribution in [0.15, 0.2) is 12.1 Å². The molecule has 1 atom stereocenters. The molecule has 1 aliphatic rings. The summed E-state index contributed by atoms with van der Waals surface area (Å²) in [5, 5.41) is 27.6. The van der Waals surface area contributed by atoms with Crippen LogP contribution in [0.4, 0.5) is 0 Å². The second-order valence-electron chi connectivity index (χ2n) is 4.16. The van der Waals surface area contributed by atoms with Gasteiger partial charge in [0, 0.05) is 0 Å². The maximum absolute atomic E-state index is 11.6. The summed E-state index contributed by atoms with van der Waals surface area (Å²) in [6.45, 7) is -0.355. The zero-order chi connectivity index (χ0) is 14.9. The predicted molar refractivity (Wildman–Crippen MR) is 60.9 cm³/mol. The molecule has 1 aliphatic heterocycles. The van der Waals surface area contributed by atoms with E-state index in [4.69, 9.17) is 9.84 Å². The van der Waals surface area contributed by atoms with Gasteiger partial charge in [0.1, 0.15) is 12.5 Å². The van der Waals surface area contributed by atoms with E-state index in [0.717, 1.165) is 12.1 Å². The summed E-state index contributed by atoms with van der Waals surface area (Å²) < 4.78 is 9.07. The molecule has 8 heteroatoms. The molecule has 1 aromatic carbocycles. The first kappa shape index (κ1) is 13.7. The van der Waals surface area contributed by atoms with E-state index in [-0.39, 0.29) is 18.6 Å². The van der Waals surface area contributed by atoms with E-state index >= 15 is 0 Å². The lowest BCUT2D eigenvalue weighted by Gasteiger charge is -2.08. The fourth-order valence-electron chi connectivity index (χ4n) is 1.63. The maximum Gasteiger partial charge on any atom is 0.338 e. The highest BCUT2D eigenvalue weighted by Gasteiger charge is 2.34. The summed E-state index contributed by atoms with van der Waals surface area (Å²) in [5.74, 6) is -5.37. The average molecular weight is 282 g/mol. The number of rotatable bonds is 3. The van der Waals surface area contributed by atoms with Gasteiger partial charge in [-0.1, -0.05) is 0 Å². The van der Waals surface area contributed by atoms with Crippen molar-refractivity contribution < 1.29 is 39.2 Å². The molecule has 0 bridgehead atoms. The van der Waals surface area contributed by atoms with Gasteiger partial charge in [-0.2, -0.15) is 0 Å². The largest absolute Gasteiger partial charge is 0.504 e. The lowest BCUT2D eigenvalue weighted by Crippen LogP contribution is -2.18. The van der Waals surface area contributed by atoms with E-state index in [1.54, 1.807) is 0 Å². The first-order chi connectivity index (χ1) is 9.38. The van der Waals surface area contributed by atoms with Crippen molar-refractivity contribution in [1.82, 2.24) is 0 Å².